The summed E-state index contributed by atoms with van der Waals surface area (Å²) in [5, 5.41) is 0. The quantitative estimate of drug-likeness (QED) is 0.542. The molecule has 2 aliphatic rings. The van der Waals surface area contributed by atoms with Gasteiger partial charge in [-0.2, -0.15) is 0 Å². The number of hydrogen-bond acceptors (Lipinski definition) is 0. The Kier molecular flexibility index (Phi) is 2.19. The second kappa shape index (κ2) is 2.99. The molecule has 0 aromatic heterocycles. The Bertz CT molecular complexity index is 328. The van der Waals surface area contributed by atoms with E-state index in [1.165, 1.54) is 6.42 Å². The van der Waals surface area contributed by atoms with Crippen LogP contribution in [-0.4, -0.2) is 0 Å². The summed E-state index contributed by atoms with van der Waals surface area (Å²) in [5.41, 5.74) is 3.89. The molecule has 0 spiro atoms. The molecule has 0 nitrogen and oxygen atoms in total. The third kappa shape index (κ3) is 2.04. The molecule has 0 heterocycles. The van der Waals surface area contributed by atoms with Gasteiger partial charge in [0.15, 0.2) is 0 Å². The van der Waals surface area contributed by atoms with Crippen LogP contribution in [0.25, 0.3) is 0 Å². The molecule has 0 aliphatic heterocycles. The van der Waals surface area contributed by atoms with Crippen LogP contribution >= 0.6 is 0 Å². The van der Waals surface area contributed by atoms with Gasteiger partial charge in [-0.25, -0.2) is 0 Å². The molecule has 0 aromatic carbocycles. The van der Waals surface area contributed by atoms with Crippen molar-refractivity contribution in [1.82, 2.24) is 0 Å². The van der Waals surface area contributed by atoms with Gasteiger partial charge >= 0.3 is 0 Å². The predicted octanol–water partition coefficient (Wildman–Crippen LogP) is 4.58. The highest BCUT2D eigenvalue weighted by atomic mass is 14.5. The summed E-state index contributed by atoms with van der Waals surface area (Å²) in [5.74, 6) is 1.73. The lowest BCUT2D eigenvalue weighted by Crippen LogP contribution is -2.18. The van der Waals surface area contributed by atoms with Gasteiger partial charge in [0.1, 0.15) is 0 Å². The van der Waals surface area contributed by atoms with Gasteiger partial charge in [0.2, 0.25) is 0 Å². The lowest BCUT2D eigenvalue weighted by molar-refractivity contribution is 0.455. The Balaban J connectivity index is 2.35. The topological polar surface area (TPSA) is 0 Å². The van der Waals surface area contributed by atoms with Gasteiger partial charge in [-0.3, -0.25) is 0 Å². The van der Waals surface area contributed by atoms with E-state index < -0.39 is 0 Å². The fraction of sp³-hybridized carbons (Fsp3) is 0.733. The maximum atomic E-state index is 2.51. The minimum Gasteiger partial charge on any atom is -0.0770 e. The first-order valence-corrected chi connectivity index (χ1v) is 6.14. The Morgan fingerprint density at radius 1 is 1.00 bits per heavy atom. The summed E-state index contributed by atoms with van der Waals surface area (Å²) < 4.78 is 0. The summed E-state index contributed by atoms with van der Waals surface area (Å²) >= 11 is 0. The van der Waals surface area contributed by atoms with Crippen molar-refractivity contribution in [1.29, 1.82) is 0 Å². The fourth-order valence-electron chi connectivity index (χ4n) is 2.55. The van der Waals surface area contributed by atoms with E-state index in [0.717, 1.165) is 11.8 Å². The highest BCUT2D eigenvalue weighted by Gasteiger charge is 2.45. The standard InChI is InChI=1S/C15H24/c1-14(2,3)11-7-10-8-12(10)13(9-11)15(4,5)6/h7,9-10,12H,8H2,1-6H3. The maximum Gasteiger partial charge on any atom is -0.0126 e. The van der Waals surface area contributed by atoms with Crippen molar-refractivity contribution < 1.29 is 0 Å². The number of hydrogen-bond donors (Lipinski definition) is 0. The first-order valence-electron chi connectivity index (χ1n) is 6.14. The van der Waals surface area contributed by atoms with E-state index in [1.54, 1.807) is 11.1 Å². The minimum absolute atomic E-state index is 0.310. The predicted molar refractivity (Wildman–Crippen MR) is 66.7 cm³/mol. The summed E-state index contributed by atoms with van der Waals surface area (Å²) in [6, 6.07) is 0. The van der Waals surface area contributed by atoms with Gasteiger partial charge in [-0.15, -0.1) is 0 Å². The van der Waals surface area contributed by atoms with Gasteiger partial charge in [0.05, 0.1) is 0 Å². The molecular formula is C15H24. The lowest BCUT2D eigenvalue weighted by Gasteiger charge is -2.30. The van der Waals surface area contributed by atoms with Gasteiger partial charge in [0, 0.05) is 0 Å². The molecule has 2 rings (SSSR count). The molecule has 0 amide bonds. The van der Waals surface area contributed by atoms with Crippen molar-refractivity contribution in [3.8, 4) is 0 Å². The monoisotopic (exact) mass is 204 g/mol. The molecule has 0 heteroatoms. The van der Waals surface area contributed by atoms with E-state index in [4.69, 9.17) is 0 Å². The van der Waals surface area contributed by atoms with Crippen LogP contribution in [0.4, 0.5) is 0 Å². The molecular weight excluding hydrogens is 180 g/mol. The van der Waals surface area contributed by atoms with Gasteiger partial charge in [0.25, 0.3) is 0 Å². The highest BCUT2D eigenvalue weighted by Crippen LogP contribution is 2.55. The van der Waals surface area contributed by atoms with Crippen LogP contribution in [0.1, 0.15) is 48.0 Å². The van der Waals surface area contributed by atoms with E-state index in [1.807, 2.05) is 0 Å². The van der Waals surface area contributed by atoms with Crippen molar-refractivity contribution in [2.24, 2.45) is 22.7 Å². The molecule has 0 radical (unpaired) electrons. The zero-order valence-corrected chi connectivity index (χ0v) is 11.0. The van der Waals surface area contributed by atoms with Crippen LogP contribution in [0.5, 0.6) is 0 Å². The molecule has 0 saturated heterocycles. The van der Waals surface area contributed by atoms with E-state index in [-0.39, 0.29) is 0 Å². The Labute approximate surface area is 94.5 Å². The van der Waals surface area contributed by atoms with Crippen LogP contribution in [-0.2, 0) is 0 Å². The lowest BCUT2D eigenvalue weighted by atomic mass is 9.75. The highest BCUT2D eigenvalue weighted by molar-refractivity contribution is 5.41. The average molecular weight is 204 g/mol. The summed E-state index contributed by atoms with van der Waals surface area (Å²) in [4.78, 5) is 0. The van der Waals surface area contributed by atoms with Crippen LogP contribution in [0.3, 0.4) is 0 Å². The minimum atomic E-state index is 0.310. The van der Waals surface area contributed by atoms with Crippen molar-refractivity contribution in [2.75, 3.05) is 0 Å². The SMILES string of the molecule is CC(C)(C)C1=CC2CC2C(C(C)(C)C)=C1. The normalized spacial score (nSPS) is 30.5. The first-order chi connectivity index (χ1) is 6.69. The second-order valence-electron chi connectivity index (χ2n) is 7.23. The van der Waals surface area contributed by atoms with Gasteiger partial charge < -0.3 is 0 Å². The van der Waals surface area contributed by atoms with E-state index >= 15 is 0 Å². The molecule has 1 saturated carbocycles. The molecule has 15 heavy (non-hydrogen) atoms. The average Bonchev–Trinajstić information content (AvgIpc) is 2.75. The molecule has 0 N–H and O–H groups in total. The number of allylic oxidation sites excluding steroid dienone is 4. The van der Waals surface area contributed by atoms with Crippen LogP contribution < -0.4 is 0 Å². The van der Waals surface area contributed by atoms with Crippen LogP contribution in [0.2, 0.25) is 0 Å². The third-order valence-electron chi connectivity index (χ3n) is 3.68. The summed E-state index contributed by atoms with van der Waals surface area (Å²) in [7, 11) is 0. The van der Waals surface area contributed by atoms with Crippen molar-refractivity contribution >= 4 is 0 Å². The summed E-state index contributed by atoms with van der Waals surface area (Å²) in [6.45, 7) is 14.0. The fourth-order valence-corrected chi connectivity index (χ4v) is 2.55. The molecule has 2 unspecified atom stereocenters. The van der Waals surface area contributed by atoms with Crippen molar-refractivity contribution in [2.45, 2.75) is 48.0 Å². The van der Waals surface area contributed by atoms with E-state index in [2.05, 4.69) is 53.7 Å². The largest absolute Gasteiger partial charge is 0.0770 e. The van der Waals surface area contributed by atoms with Gasteiger partial charge in [-0.05, 0) is 34.7 Å². The Hall–Kier alpha value is -0.520. The van der Waals surface area contributed by atoms with Crippen LogP contribution in [0, 0.1) is 22.7 Å². The smallest absolute Gasteiger partial charge is 0.0126 e. The van der Waals surface area contributed by atoms with Crippen LogP contribution in [0.15, 0.2) is 23.3 Å². The van der Waals surface area contributed by atoms with E-state index in [0.29, 0.717) is 10.8 Å². The first kappa shape index (κ1) is 11.0. The molecule has 84 valence electrons. The second-order valence-corrected chi connectivity index (χ2v) is 7.23. The number of rotatable bonds is 0. The van der Waals surface area contributed by atoms with Crippen molar-refractivity contribution in [3.05, 3.63) is 23.3 Å². The molecule has 2 aliphatic carbocycles. The molecule has 0 bridgehead atoms. The van der Waals surface area contributed by atoms with Gasteiger partial charge in [-0.1, -0.05) is 59.3 Å². The van der Waals surface area contributed by atoms with Crippen molar-refractivity contribution in [3.63, 3.8) is 0 Å². The van der Waals surface area contributed by atoms with E-state index in [9.17, 15) is 0 Å². The third-order valence-corrected chi connectivity index (χ3v) is 3.68. The summed E-state index contributed by atoms with van der Waals surface area (Å²) in [6.07, 6.45) is 6.39. The number of fused-ring (bicyclic) bond motifs is 1. The Morgan fingerprint density at radius 2 is 1.60 bits per heavy atom. The molecule has 2 atom stereocenters. The molecule has 1 fully saturated rings. The Morgan fingerprint density at radius 3 is 2.07 bits per heavy atom. The molecule has 0 aromatic rings. The zero-order chi connectivity index (χ0) is 11.4. The zero-order valence-electron chi connectivity index (χ0n) is 11.0. The maximum absolute atomic E-state index is 2.51.